The van der Waals surface area contributed by atoms with Crippen LogP contribution >= 0.6 is 0 Å². The predicted octanol–water partition coefficient (Wildman–Crippen LogP) is 3.28. The highest BCUT2D eigenvalue weighted by Crippen LogP contribution is 2.38. The molecular weight excluding hydrogens is 475 g/mol. The number of benzene rings is 1. The second kappa shape index (κ2) is 8.54. The Hall–Kier alpha value is -4.54. The van der Waals surface area contributed by atoms with E-state index < -0.39 is 5.82 Å². The van der Waals surface area contributed by atoms with Crippen LogP contribution in [0.1, 0.15) is 28.2 Å². The monoisotopic (exact) mass is 500 g/mol. The number of nitrogens with one attached hydrogen (secondary N) is 2. The maximum atomic E-state index is 15.4. The predicted molar refractivity (Wildman–Crippen MR) is 138 cm³/mol. The number of nitrogens with two attached hydrogens (primary N) is 1. The largest absolute Gasteiger partial charge is 0.396 e. The number of carbonyl (C=O) groups excluding carboxylic acids is 2. The van der Waals surface area contributed by atoms with E-state index in [-0.39, 0.29) is 23.9 Å². The van der Waals surface area contributed by atoms with Crippen LogP contribution in [0.3, 0.4) is 0 Å². The van der Waals surface area contributed by atoms with Crippen molar-refractivity contribution in [1.82, 2.24) is 24.6 Å². The molecule has 0 saturated carbocycles. The van der Waals surface area contributed by atoms with E-state index in [1.807, 2.05) is 13.0 Å². The van der Waals surface area contributed by atoms with Gasteiger partial charge in [-0.25, -0.2) is 9.37 Å². The molecule has 5 heterocycles. The molecule has 11 heteroatoms. The maximum Gasteiger partial charge on any atom is 0.244 e. The Labute approximate surface area is 211 Å². The van der Waals surface area contributed by atoms with E-state index >= 15 is 4.39 Å². The molecule has 0 aliphatic carbocycles. The lowest BCUT2D eigenvalue weighted by atomic mass is 9.94. The van der Waals surface area contributed by atoms with E-state index in [1.165, 1.54) is 12.4 Å². The molecule has 6 rings (SSSR count). The van der Waals surface area contributed by atoms with Gasteiger partial charge >= 0.3 is 0 Å². The fraction of sp³-hybridized carbons (Fsp3) is 0.269. The van der Waals surface area contributed by atoms with Gasteiger partial charge in [0.25, 0.3) is 0 Å². The van der Waals surface area contributed by atoms with Crippen molar-refractivity contribution in [1.29, 1.82) is 0 Å². The van der Waals surface area contributed by atoms with E-state index in [0.717, 1.165) is 11.3 Å². The van der Waals surface area contributed by atoms with Crippen LogP contribution in [-0.2, 0) is 17.8 Å². The standard InChI is InChI=1S/C26H25FN8O2/c1-13-17(10-31-26-19(36)3-5-29-25(13)26)16-7-14-8-20(30-11-18(14)24(28)23(16)27)32-21-9-15-4-6-34(2)22(37)12-35(15)33-21/h7-11,29H,3-6,12,28H2,1-2H3,(H,30,32,33). The van der Waals surface area contributed by atoms with Crippen molar-refractivity contribution < 1.29 is 14.0 Å². The third kappa shape index (κ3) is 3.83. The number of ketones is 1. The Kier molecular flexibility index (Phi) is 5.28. The molecule has 4 N–H and O–H groups in total. The Morgan fingerprint density at radius 2 is 1.92 bits per heavy atom. The van der Waals surface area contributed by atoms with E-state index in [2.05, 4.69) is 25.7 Å². The summed E-state index contributed by atoms with van der Waals surface area (Å²) in [6.45, 7) is 3.17. The fourth-order valence-electron chi connectivity index (χ4n) is 4.93. The van der Waals surface area contributed by atoms with Gasteiger partial charge < -0.3 is 21.3 Å². The number of carbonyl (C=O) groups is 2. The van der Waals surface area contributed by atoms with Crippen molar-refractivity contribution >= 4 is 45.5 Å². The molecule has 4 aromatic rings. The highest BCUT2D eigenvalue weighted by Gasteiger charge is 2.24. The van der Waals surface area contributed by atoms with Crippen LogP contribution in [0.25, 0.3) is 21.9 Å². The summed E-state index contributed by atoms with van der Waals surface area (Å²) < 4.78 is 17.1. The van der Waals surface area contributed by atoms with E-state index in [1.54, 1.807) is 28.8 Å². The number of pyridine rings is 2. The summed E-state index contributed by atoms with van der Waals surface area (Å²) in [7, 11) is 1.79. The zero-order valence-corrected chi connectivity index (χ0v) is 20.4. The second-order valence-electron chi connectivity index (χ2n) is 9.43. The average Bonchev–Trinajstić information content (AvgIpc) is 3.20. The summed E-state index contributed by atoms with van der Waals surface area (Å²) in [5.41, 5.74) is 9.75. The minimum Gasteiger partial charge on any atom is -0.396 e. The van der Waals surface area contributed by atoms with Crippen molar-refractivity contribution in [2.45, 2.75) is 26.3 Å². The van der Waals surface area contributed by atoms with Crippen LogP contribution in [-0.4, -0.2) is 56.5 Å². The highest BCUT2D eigenvalue weighted by molar-refractivity contribution is 6.03. The molecule has 0 unspecified atom stereocenters. The molecule has 188 valence electrons. The molecule has 1 amide bonds. The van der Waals surface area contributed by atoms with Gasteiger partial charge in [-0.2, -0.15) is 5.10 Å². The zero-order chi connectivity index (χ0) is 25.8. The Balaban J connectivity index is 1.37. The van der Waals surface area contributed by atoms with Crippen molar-refractivity contribution in [3.05, 3.63) is 53.4 Å². The zero-order valence-electron chi connectivity index (χ0n) is 20.4. The van der Waals surface area contributed by atoms with Crippen molar-refractivity contribution in [3.8, 4) is 11.1 Å². The molecule has 37 heavy (non-hydrogen) atoms. The van der Waals surface area contributed by atoms with Crippen LogP contribution < -0.4 is 16.4 Å². The van der Waals surface area contributed by atoms with Gasteiger partial charge in [-0.15, -0.1) is 0 Å². The quantitative estimate of drug-likeness (QED) is 0.365. The number of rotatable bonds is 3. The lowest BCUT2D eigenvalue weighted by Gasteiger charge is -2.21. The SMILES string of the molecule is Cc1c(-c2cc3cc(Nc4cc5n(n4)CC(=O)N(C)CC5)ncc3c(N)c2F)cnc2c1NCCC2=O. The first-order valence-corrected chi connectivity index (χ1v) is 12.0. The van der Waals surface area contributed by atoms with Crippen molar-refractivity contribution in [3.63, 3.8) is 0 Å². The number of amides is 1. The molecule has 0 spiro atoms. The number of likely N-dealkylation sites (N-methyl/N-ethyl adjacent to an activating group) is 1. The molecule has 2 aliphatic rings. The molecule has 0 bridgehead atoms. The van der Waals surface area contributed by atoms with Gasteiger partial charge in [-0.05, 0) is 30.0 Å². The van der Waals surface area contributed by atoms with Crippen LogP contribution in [0.5, 0.6) is 0 Å². The Bertz CT molecular complexity index is 1610. The number of Topliss-reactive ketones (excluding diaryl/α,β-unsaturated/α-hetero) is 1. The second-order valence-corrected chi connectivity index (χ2v) is 9.43. The van der Waals surface area contributed by atoms with Gasteiger partial charge in [-0.1, -0.05) is 0 Å². The molecule has 0 fully saturated rings. The summed E-state index contributed by atoms with van der Waals surface area (Å²) in [5, 5.41) is 12.1. The molecule has 0 radical (unpaired) electrons. The van der Waals surface area contributed by atoms with Crippen LogP contribution in [0.2, 0.25) is 0 Å². The normalized spacial score (nSPS) is 15.3. The van der Waals surface area contributed by atoms with E-state index in [0.29, 0.717) is 70.8 Å². The molecule has 2 aliphatic heterocycles. The molecule has 1 aromatic carbocycles. The topological polar surface area (TPSA) is 131 Å². The number of nitrogens with zero attached hydrogens (tertiary/aromatic N) is 5. The highest BCUT2D eigenvalue weighted by atomic mass is 19.1. The number of anilines is 4. The van der Waals surface area contributed by atoms with Crippen LogP contribution in [0, 0.1) is 12.7 Å². The van der Waals surface area contributed by atoms with Crippen LogP contribution in [0.15, 0.2) is 30.6 Å². The molecular formula is C26H25FN8O2. The molecule has 3 aromatic heterocycles. The van der Waals surface area contributed by atoms with E-state index in [9.17, 15) is 9.59 Å². The number of hydrogen-bond donors (Lipinski definition) is 3. The third-order valence-electron chi connectivity index (χ3n) is 7.08. The summed E-state index contributed by atoms with van der Waals surface area (Å²) >= 11 is 0. The summed E-state index contributed by atoms with van der Waals surface area (Å²) in [5.74, 6) is 0.494. The molecule has 10 nitrogen and oxygen atoms in total. The lowest BCUT2D eigenvalue weighted by Crippen LogP contribution is -2.29. The van der Waals surface area contributed by atoms with Crippen LogP contribution in [0.4, 0.5) is 27.4 Å². The number of hydrogen-bond acceptors (Lipinski definition) is 8. The number of fused-ring (bicyclic) bond motifs is 3. The van der Waals surface area contributed by atoms with Gasteiger partial charge in [0.15, 0.2) is 17.4 Å². The van der Waals surface area contributed by atoms with Gasteiger partial charge in [-0.3, -0.25) is 19.3 Å². The minimum absolute atomic E-state index is 0.00814. The molecule has 0 atom stereocenters. The summed E-state index contributed by atoms with van der Waals surface area (Å²) in [6, 6.07) is 5.39. The minimum atomic E-state index is -0.561. The number of halogens is 1. The third-order valence-corrected chi connectivity index (χ3v) is 7.08. The summed E-state index contributed by atoms with van der Waals surface area (Å²) in [4.78, 5) is 34.9. The van der Waals surface area contributed by atoms with Gasteiger partial charge in [0.2, 0.25) is 5.91 Å². The van der Waals surface area contributed by atoms with E-state index in [4.69, 9.17) is 5.73 Å². The lowest BCUT2D eigenvalue weighted by molar-refractivity contribution is -0.130. The number of nitrogen functional groups attached to an aromatic ring is 1. The molecule has 0 saturated heterocycles. The summed E-state index contributed by atoms with van der Waals surface area (Å²) in [6.07, 6.45) is 4.14. The first-order valence-electron chi connectivity index (χ1n) is 12.0. The fourth-order valence-corrected chi connectivity index (χ4v) is 4.93. The van der Waals surface area contributed by atoms with Crippen molar-refractivity contribution in [2.75, 3.05) is 36.5 Å². The number of aromatic nitrogens is 4. The first kappa shape index (κ1) is 22.9. The van der Waals surface area contributed by atoms with Gasteiger partial charge in [0.05, 0.1) is 11.4 Å². The smallest absolute Gasteiger partial charge is 0.244 e. The van der Waals surface area contributed by atoms with Gasteiger partial charge in [0, 0.05) is 73.6 Å². The average molecular weight is 501 g/mol. The Morgan fingerprint density at radius 1 is 1.08 bits per heavy atom. The first-order chi connectivity index (χ1) is 17.8. The Morgan fingerprint density at radius 3 is 2.76 bits per heavy atom. The van der Waals surface area contributed by atoms with Crippen molar-refractivity contribution in [2.24, 2.45) is 0 Å². The maximum absolute atomic E-state index is 15.4. The van der Waals surface area contributed by atoms with Gasteiger partial charge in [0.1, 0.15) is 18.1 Å².